The van der Waals surface area contributed by atoms with Gasteiger partial charge in [-0.1, -0.05) is 53.8 Å². The van der Waals surface area contributed by atoms with Gasteiger partial charge in [0.1, 0.15) is 0 Å². The highest BCUT2D eigenvalue weighted by atomic mass is 32.1. The van der Waals surface area contributed by atoms with E-state index in [-0.39, 0.29) is 0 Å². The molecule has 0 amide bonds. The lowest BCUT2D eigenvalue weighted by atomic mass is 10.0. The smallest absolute Gasteiger partial charge is 0.204 e. The second-order valence-electron chi connectivity index (χ2n) is 6.86. The largest absolute Gasteiger partial charge is 0.253 e. The van der Waals surface area contributed by atoms with Crippen molar-refractivity contribution in [2.24, 2.45) is 5.10 Å². The van der Waals surface area contributed by atoms with Crippen molar-refractivity contribution in [3.05, 3.63) is 59.7 Å². The van der Waals surface area contributed by atoms with E-state index in [1.807, 2.05) is 6.07 Å². The van der Waals surface area contributed by atoms with Crippen LogP contribution < -0.4 is 5.43 Å². The second kappa shape index (κ2) is 7.42. The van der Waals surface area contributed by atoms with E-state index in [1.54, 1.807) is 11.3 Å². The van der Waals surface area contributed by atoms with Crippen LogP contribution in [0, 0.1) is 13.8 Å². The van der Waals surface area contributed by atoms with Crippen molar-refractivity contribution in [2.75, 3.05) is 5.43 Å². The quantitative estimate of drug-likeness (QED) is 0.543. The number of hydrogen-bond donors (Lipinski definition) is 1. The summed E-state index contributed by atoms with van der Waals surface area (Å²) in [5.74, 6) is 0. The molecule has 1 saturated carbocycles. The van der Waals surface area contributed by atoms with Gasteiger partial charge in [-0.25, -0.2) is 4.98 Å². The van der Waals surface area contributed by atoms with E-state index in [4.69, 9.17) is 4.98 Å². The van der Waals surface area contributed by atoms with Gasteiger partial charge in [0.2, 0.25) is 5.13 Å². The lowest BCUT2D eigenvalue weighted by molar-refractivity contribution is 0.886. The summed E-state index contributed by atoms with van der Waals surface area (Å²) >= 11 is 1.67. The summed E-state index contributed by atoms with van der Waals surface area (Å²) in [6, 6.07) is 17.0. The summed E-state index contributed by atoms with van der Waals surface area (Å²) in [5.41, 5.74) is 10.4. The normalized spacial score (nSPS) is 13.8. The standard InChI is InChI=1S/C22H23N3S/c1-15-12-13-18(14-16(15)2)20-21(17-8-4-3-5-9-17)26-22(23-20)25-24-19-10-6-7-11-19/h3-5,8-9,12-14H,6-7,10-11H2,1-2H3,(H,23,25). The molecule has 1 aliphatic rings. The van der Waals surface area contributed by atoms with Crippen molar-refractivity contribution in [3.8, 4) is 21.7 Å². The molecule has 3 aromatic rings. The van der Waals surface area contributed by atoms with Gasteiger partial charge in [0.25, 0.3) is 0 Å². The molecule has 2 aromatic carbocycles. The first-order valence-electron chi connectivity index (χ1n) is 9.16. The number of nitrogens with one attached hydrogen (secondary N) is 1. The maximum absolute atomic E-state index is 4.89. The molecule has 1 fully saturated rings. The van der Waals surface area contributed by atoms with Crippen molar-refractivity contribution in [1.29, 1.82) is 0 Å². The minimum Gasteiger partial charge on any atom is -0.253 e. The molecule has 4 heteroatoms. The van der Waals surface area contributed by atoms with E-state index in [2.05, 4.69) is 66.8 Å². The highest BCUT2D eigenvalue weighted by Crippen LogP contribution is 2.39. The number of rotatable bonds is 4. The van der Waals surface area contributed by atoms with Crippen LogP contribution in [0.2, 0.25) is 0 Å². The van der Waals surface area contributed by atoms with Crippen molar-refractivity contribution in [1.82, 2.24) is 4.98 Å². The van der Waals surface area contributed by atoms with Crippen LogP contribution in [0.1, 0.15) is 36.8 Å². The Morgan fingerprint density at radius 2 is 1.69 bits per heavy atom. The Hall–Kier alpha value is -2.46. The fraction of sp³-hybridized carbons (Fsp3) is 0.273. The molecule has 0 aliphatic heterocycles. The van der Waals surface area contributed by atoms with Crippen molar-refractivity contribution < 1.29 is 0 Å². The van der Waals surface area contributed by atoms with Gasteiger partial charge in [-0.05, 0) is 62.3 Å². The SMILES string of the molecule is Cc1ccc(-c2nc(NN=C3CCCC3)sc2-c2ccccc2)cc1C. The summed E-state index contributed by atoms with van der Waals surface area (Å²) in [4.78, 5) is 6.07. The molecule has 1 N–H and O–H groups in total. The van der Waals surface area contributed by atoms with Crippen molar-refractivity contribution >= 4 is 22.2 Å². The Balaban J connectivity index is 1.75. The summed E-state index contributed by atoms with van der Waals surface area (Å²) in [6.45, 7) is 4.29. The van der Waals surface area contributed by atoms with Crippen LogP contribution in [0.4, 0.5) is 5.13 Å². The van der Waals surface area contributed by atoms with Crippen LogP contribution in [-0.4, -0.2) is 10.7 Å². The van der Waals surface area contributed by atoms with E-state index in [0.717, 1.165) is 29.2 Å². The molecule has 132 valence electrons. The number of aromatic nitrogens is 1. The second-order valence-corrected chi connectivity index (χ2v) is 7.86. The number of aryl methyl sites for hydroxylation is 2. The maximum Gasteiger partial charge on any atom is 0.204 e. The number of hydrazone groups is 1. The lowest BCUT2D eigenvalue weighted by Gasteiger charge is -2.05. The van der Waals surface area contributed by atoms with E-state index in [9.17, 15) is 0 Å². The van der Waals surface area contributed by atoms with Gasteiger partial charge in [-0.3, -0.25) is 5.43 Å². The molecule has 0 atom stereocenters. The van der Waals surface area contributed by atoms with E-state index >= 15 is 0 Å². The topological polar surface area (TPSA) is 37.3 Å². The Bertz CT molecular complexity index is 933. The molecule has 26 heavy (non-hydrogen) atoms. The predicted octanol–water partition coefficient (Wildman–Crippen LogP) is 6.44. The fourth-order valence-corrected chi connectivity index (χ4v) is 4.19. The summed E-state index contributed by atoms with van der Waals surface area (Å²) in [6.07, 6.45) is 4.71. The first-order valence-corrected chi connectivity index (χ1v) is 9.97. The monoisotopic (exact) mass is 361 g/mol. The van der Waals surface area contributed by atoms with Gasteiger partial charge < -0.3 is 0 Å². The van der Waals surface area contributed by atoms with E-state index in [0.29, 0.717) is 0 Å². The molecule has 0 unspecified atom stereocenters. The van der Waals surface area contributed by atoms with Gasteiger partial charge in [-0.2, -0.15) is 5.10 Å². The first-order chi connectivity index (χ1) is 12.7. The summed E-state index contributed by atoms with van der Waals surface area (Å²) in [5, 5.41) is 5.44. The Kier molecular flexibility index (Phi) is 4.85. The van der Waals surface area contributed by atoms with E-state index < -0.39 is 0 Å². The molecule has 1 heterocycles. The molecule has 0 radical (unpaired) electrons. The molecule has 4 rings (SSSR count). The van der Waals surface area contributed by atoms with Gasteiger partial charge in [0.05, 0.1) is 10.6 Å². The van der Waals surface area contributed by atoms with Crippen LogP contribution in [0.3, 0.4) is 0 Å². The van der Waals surface area contributed by atoms with Crippen LogP contribution in [0.15, 0.2) is 53.6 Å². The predicted molar refractivity (Wildman–Crippen MR) is 112 cm³/mol. The minimum absolute atomic E-state index is 0.858. The van der Waals surface area contributed by atoms with Crippen LogP contribution in [-0.2, 0) is 0 Å². The average Bonchev–Trinajstić information content (AvgIpc) is 3.32. The van der Waals surface area contributed by atoms with Crippen molar-refractivity contribution in [3.63, 3.8) is 0 Å². The maximum atomic E-state index is 4.89. The average molecular weight is 362 g/mol. The third-order valence-corrected chi connectivity index (χ3v) is 5.94. The van der Waals surface area contributed by atoms with E-state index in [1.165, 1.54) is 40.1 Å². The zero-order valence-corrected chi connectivity index (χ0v) is 16.1. The van der Waals surface area contributed by atoms with Gasteiger partial charge in [0.15, 0.2) is 0 Å². The minimum atomic E-state index is 0.858. The number of hydrogen-bond acceptors (Lipinski definition) is 4. The highest BCUT2D eigenvalue weighted by molar-refractivity contribution is 7.19. The van der Waals surface area contributed by atoms with Gasteiger partial charge in [0, 0.05) is 11.3 Å². The third kappa shape index (κ3) is 3.56. The number of nitrogens with zero attached hydrogens (tertiary/aromatic N) is 2. The summed E-state index contributed by atoms with van der Waals surface area (Å²) in [7, 11) is 0. The zero-order valence-electron chi connectivity index (χ0n) is 15.2. The molecule has 3 nitrogen and oxygen atoms in total. The molecule has 0 saturated heterocycles. The molecule has 0 spiro atoms. The van der Waals surface area contributed by atoms with Gasteiger partial charge in [-0.15, -0.1) is 0 Å². The highest BCUT2D eigenvalue weighted by Gasteiger charge is 2.16. The van der Waals surface area contributed by atoms with Crippen molar-refractivity contribution in [2.45, 2.75) is 39.5 Å². The third-order valence-electron chi connectivity index (χ3n) is 4.93. The number of anilines is 1. The number of benzene rings is 2. The Labute approximate surface area is 158 Å². The zero-order chi connectivity index (χ0) is 17.9. The summed E-state index contributed by atoms with van der Waals surface area (Å²) < 4.78 is 0. The van der Waals surface area contributed by atoms with Crippen LogP contribution in [0.25, 0.3) is 21.7 Å². The van der Waals surface area contributed by atoms with Crippen LogP contribution >= 0.6 is 11.3 Å². The lowest BCUT2D eigenvalue weighted by Crippen LogP contribution is -1.96. The molecule has 1 aliphatic carbocycles. The molecule has 1 aromatic heterocycles. The fourth-order valence-electron chi connectivity index (χ4n) is 3.26. The Morgan fingerprint density at radius 1 is 0.923 bits per heavy atom. The number of thiazole rings is 1. The molecular formula is C22H23N3S. The first kappa shape index (κ1) is 17.0. The Morgan fingerprint density at radius 3 is 2.42 bits per heavy atom. The van der Waals surface area contributed by atoms with Crippen LogP contribution in [0.5, 0.6) is 0 Å². The van der Waals surface area contributed by atoms with Gasteiger partial charge >= 0.3 is 0 Å². The molecule has 0 bridgehead atoms. The molecular weight excluding hydrogens is 338 g/mol.